The van der Waals surface area contributed by atoms with Gasteiger partial charge in [-0.3, -0.25) is 4.79 Å². The van der Waals surface area contributed by atoms with E-state index >= 15 is 0 Å². The van der Waals surface area contributed by atoms with Crippen molar-refractivity contribution in [3.05, 3.63) is 35.4 Å². The molecule has 2 atom stereocenters. The molecule has 1 fully saturated rings. The summed E-state index contributed by atoms with van der Waals surface area (Å²) in [4.78, 5) is 14.2. The fourth-order valence-electron chi connectivity index (χ4n) is 2.73. The Morgan fingerprint density at radius 3 is 2.82 bits per heavy atom. The van der Waals surface area contributed by atoms with E-state index < -0.39 is 11.7 Å². The van der Waals surface area contributed by atoms with E-state index in [9.17, 15) is 18.0 Å². The number of benzene rings is 1. The van der Waals surface area contributed by atoms with Crippen molar-refractivity contribution in [1.82, 2.24) is 10.2 Å². The van der Waals surface area contributed by atoms with Gasteiger partial charge >= 0.3 is 6.18 Å². The van der Waals surface area contributed by atoms with Crippen LogP contribution in [0.5, 0.6) is 0 Å². The molecule has 1 heterocycles. The molecule has 0 aliphatic carbocycles. The highest BCUT2D eigenvalue weighted by Gasteiger charge is 2.31. The maximum atomic E-state index is 12.8. The zero-order valence-electron chi connectivity index (χ0n) is 12.8. The Morgan fingerprint density at radius 2 is 2.18 bits per heavy atom. The van der Waals surface area contributed by atoms with E-state index in [2.05, 4.69) is 5.32 Å². The van der Waals surface area contributed by atoms with E-state index in [0.29, 0.717) is 12.1 Å². The van der Waals surface area contributed by atoms with E-state index in [1.54, 1.807) is 17.9 Å². The highest BCUT2D eigenvalue weighted by molar-refractivity contribution is 5.77. The van der Waals surface area contributed by atoms with Gasteiger partial charge in [0.15, 0.2) is 0 Å². The normalized spacial score (nSPS) is 20.8. The summed E-state index contributed by atoms with van der Waals surface area (Å²) in [6.07, 6.45) is -4.13. The number of carbonyl (C=O) groups is 1. The second-order valence-electron chi connectivity index (χ2n) is 5.87. The molecule has 22 heavy (non-hydrogen) atoms. The van der Waals surface area contributed by atoms with Crippen molar-refractivity contribution in [3.63, 3.8) is 0 Å². The first kappa shape index (κ1) is 16.8. The topological polar surface area (TPSA) is 32.3 Å². The lowest BCUT2D eigenvalue weighted by Crippen LogP contribution is -2.52. The number of hydrogen-bond acceptors (Lipinski definition) is 2. The summed E-state index contributed by atoms with van der Waals surface area (Å²) in [5, 5.41) is 3.21. The van der Waals surface area contributed by atoms with Gasteiger partial charge in [0.2, 0.25) is 5.91 Å². The first-order valence-electron chi connectivity index (χ1n) is 7.46. The van der Waals surface area contributed by atoms with Crippen molar-refractivity contribution in [1.29, 1.82) is 0 Å². The molecular formula is C16H21F3N2O. The van der Waals surface area contributed by atoms with Crippen molar-refractivity contribution < 1.29 is 18.0 Å². The predicted molar refractivity (Wildman–Crippen MR) is 78.5 cm³/mol. The van der Waals surface area contributed by atoms with Crippen LogP contribution in [0.4, 0.5) is 13.2 Å². The fraction of sp³-hybridized carbons (Fsp3) is 0.562. The van der Waals surface area contributed by atoms with Crippen LogP contribution < -0.4 is 5.32 Å². The average Bonchev–Trinajstić information content (AvgIpc) is 2.46. The maximum Gasteiger partial charge on any atom is 0.416 e. The number of piperazine rings is 1. The number of carbonyl (C=O) groups excluding carboxylic acids is 1. The molecule has 1 aliphatic rings. The van der Waals surface area contributed by atoms with Gasteiger partial charge in [-0.1, -0.05) is 25.1 Å². The molecule has 122 valence electrons. The Bertz CT molecular complexity index is 530. The molecule has 0 aromatic heterocycles. The van der Waals surface area contributed by atoms with Gasteiger partial charge < -0.3 is 10.2 Å². The minimum Gasteiger partial charge on any atom is -0.337 e. The number of hydrogen-bond donors (Lipinski definition) is 1. The first-order valence-corrected chi connectivity index (χ1v) is 7.46. The molecule has 0 radical (unpaired) electrons. The van der Waals surface area contributed by atoms with Gasteiger partial charge in [-0.25, -0.2) is 0 Å². The smallest absolute Gasteiger partial charge is 0.337 e. The van der Waals surface area contributed by atoms with Gasteiger partial charge in [-0.2, -0.15) is 13.2 Å². The van der Waals surface area contributed by atoms with E-state index in [-0.39, 0.29) is 24.3 Å². The summed E-state index contributed by atoms with van der Waals surface area (Å²) in [6.45, 7) is 5.92. The standard InChI is InChI=1S/C16H21F3N2O/c1-11(8-15(22)21-7-6-20-10-12(21)2)13-4-3-5-14(9-13)16(17,18)19/h3-5,9,11-12,20H,6-8,10H2,1-2H3/t11?,12-/m1/s1. The maximum absolute atomic E-state index is 12.8. The van der Waals surface area contributed by atoms with Gasteiger partial charge in [-0.05, 0) is 24.5 Å². The third-order valence-corrected chi connectivity index (χ3v) is 4.09. The second-order valence-corrected chi connectivity index (χ2v) is 5.87. The van der Waals surface area contributed by atoms with E-state index in [1.165, 1.54) is 6.07 Å². The molecule has 3 nitrogen and oxygen atoms in total. The molecule has 2 rings (SSSR count). The highest BCUT2D eigenvalue weighted by Crippen LogP contribution is 2.31. The van der Waals surface area contributed by atoms with Crippen LogP contribution in [-0.2, 0) is 11.0 Å². The Balaban J connectivity index is 2.05. The molecular weight excluding hydrogens is 293 g/mol. The summed E-state index contributed by atoms with van der Waals surface area (Å²) >= 11 is 0. The number of rotatable bonds is 3. The van der Waals surface area contributed by atoms with Crippen LogP contribution in [0.25, 0.3) is 0 Å². The molecule has 0 bridgehead atoms. The number of alkyl halides is 3. The van der Waals surface area contributed by atoms with Crippen LogP contribution in [0.3, 0.4) is 0 Å². The first-order chi connectivity index (χ1) is 10.3. The van der Waals surface area contributed by atoms with Gasteiger partial charge in [0.05, 0.1) is 5.56 Å². The number of nitrogens with one attached hydrogen (secondary N) is 1. The Morgan fingerprint density at radius 1 is 1.45 bits per heavy atom. The Hall–Kier alpha value is -1.56. The zero-order valence-corrected chi connectivity index (χ0v) is 12.8. The summed E-state index contributed by atoms with van der Waals surface area (Å²) in [5.74, 6) is -0.240. The number of halogens is 3. The van der Waals surface area contributed by atoms with E-state index in [1.807, 2.05) is 6.92 Å². The molecule has 1 aromatic carbocycles. The zero-order chi connectivity index (χ0) is 16.3. The van der Waals surface area contributed by atoms with Crippen molar-refractivity contribution in [3.8, 4) is 0 Å². The predicted octanol–water partition coefficient (Wildman–Crippen LogP) is 3.02. The lowest BCUT2D eigenvalue weighted by atomic mass is 9.95. The molecule has 1 aliphatic heterocycles. The fourth-order valence-corrected chi connectivity index (χ4v) is 2.73. The highest BCUT2D eigenvalue weighted by atomic mass is 19.4. The van der Waals surface area contributed by atoms with Gasteiger partial charge in [0.1, 0.15) is 0 Å². The SMILES string of the molecule is CC(CC(=O)N1CCNC[C@H]1C)c1cccc(C(F)(F)F)c1. The van der Waals surface area contributed by atoms with Crippen LogP contribution in [0.1, 0.15) is 37.3 Å². The van der Waals surface area contributed by atoms with Crippen molar-refractivity contribution >= 4 is 5.91 Å². The van der Waals surface area contributed by atoms with Crippen LogP contribution in [-0.4, -0.2) is 36.5 Å². The molecule has 6 heteroatoms. The number of amides is 1. The van der Waals surface area contributed by atoms with Crippen LogP contribution >= 0.6 is 0 Å². The van der Waals surface area contributed by atoms with Crippen LogP contribution in [0.15, 0.2) is 24.3 Å². The second kappa shape index (κ2) is 6.69. The van der Waals surface area contributed by atoms with Crippen molar-refractivity contribution in [2.24, 2.45) is 0 Å². The minimum atomic E-state index is -4.35. The third kappa shape index (κ3) is 4.00. The Kier molecular flexibility index (Phi) is 5.11. The summed E-state index contributed by atoms with van der Waals surface area (Å²) in [5.41, 5.74) is -0.120. The lowest BCUT2D eigenvalue weighted by Gasteiger charge is -2.34. The quantitative estimate of drug-likeness (QED) is 0.930. The minimum absolute atomic E-state index is 0.00101. The molecule has 0 saturated carbocycles. The summed E-state index contributed by atoms with van der Waals surface area (Å²) < 4.78 is 38.3. The lowest BCUT2D eigenvalue weighted by molar-refractivity contribution is -0.137. The number of nitrogens with zero attached hydrogens (tertiary/aromatic N) is 1. The van der Waals surface area contributed by atoms with E-state index in [0.717, 1.165) is 25.2 Å². The molecule has 0 spiro atoms. The monoisotopic (exact) mass is 314 g/mol. The average molecular weight is 314 g/mol. The van der Waals surface area contributed by atoms with Crippen LogP contribution in [0.2, 0.25) is 0 Å². The third-order valence-electron chi connectivity index (χ3n) is 4.09. The summed E-state index contributed by atoms with van der Waals surface area (Å²) in [7, 11) is 0. The van der Waals surface area contributed by atoms with Crippen molar-refractivity contribution in [2.45, 2.75) is 38.4 Å². The van der Waals surface area contributed by atoms with Gasteiger partial charge in [-0.15, -0.1) is 0 Å². The molecule has 1 N–H and O–H groups in total. The largest absolute Gasteiger partial charge is 0.416 e. The molecule has 1 aromatic rings. The van der Waals surface area contributed by atoms with E-state index in [4.69, 9.17) is 0 Å². The van der Waals surface area contributed by atoms with Gasteiger partial charge in [0.25, 0.3) is 0 Å². The summed E-state index contributed by atoms with van der Waals surface area (Å²) in [6, 6.07) is 5.35. The molecule has 1 amide bonds. The Labute approximate surface area is 128 Å². The van der Waals surface area contributed by atoms with Crippen LogP contribution in [0, 0.1) is 0 Å². The van der Waals surface area contributed by atoms with Gasteiger partial charge in [0, 0.05) is 32.1 Å². The molecule has 1 unspecified atom stereocenters. The van der Waals surface area contributed by atoms with Crippen molar-refractivity contribution in [2.75, 3.05) is 19.6 Å². The molecule has 1 saturated heterocycles.